The van der Waals surface area contributed by atoms with Crippen molar-refractivity contribution in [2.75, 3.05) is 0 Å². The number of aromatic amines is 1. The first-order valence-corrected chi connectivity index (χ1v) is 7.29. The first kappa shape index (κ1) is 15.5. The first-order valence-electron chi connectivity index (χ1n) is 7.29. The Morgan fingerprint density at radius 2 is 1.67 bits per heavy atom. The fourth-order valence-electron chi connectivity index (χ4n) is 2.20. The van der Waals surface area contributed by atoms with Gasteiger partial charge in [0.05, 0.1) is 11.4 Å². The van der Waals surface area contributed by atoms with Crippen molar-refractivity contribution < 1.29 is 0 Å². The highest BCUT2D eigenvalue weighted by Crippen LogP contribution is 2.24. The van der Waals surface area contributed by atoms with Crippen molar-refractivity contribution in [3.8, 4) is 11.4 Å². The second-order valence-corrected chi connectivity index (χ2v) is 7.56. The van der Waals surface area contributed by atoms with E-state index in [9.17, 15) is 4.79 Å². The largest absolute Gasteiger partial charge is 0.359 e. The molecule has 1 N–H and O–H groups in total. The maximum absolute atomic E-state index is 12.2. The molecule has 0 atom stereocenters. The summed E-state index contributed by atoms with van der Waals surface area (Å²) < 4.78 is 0. The number of rotatable bonds is 1. The highest BCUT2D eigenvalue weighted by Gasteiger charge is 2.18. The van der Waals surface area contributed by atoms with Crippen molar-refractivity contribution in [3.63, 3.8) is 0 Å². The summed E-state index contributed by atoms with van der Waals surface area (Å²) in [6.07, 6.45) is 3.68. The van der Waals surface area contributed by atoms with Gasteiger partial charge in [0, 0.05) is 24.0 Å². The number of pyridine rings is 2. The van der Waals surface area contributed by atoms with E-state index in [4.69, 9.17) is 0 Å². The minimum Gasteiger partial charge on any atom is -0.359 e. The van der Waals surface area contributed by atoms with Gasteiger partial charge in [-0.25, -0.2) is 0 Å². The molecule has 0 fully saturated rings. The second kappa shape index (κ2) is 5.14. The summed E-state index contributed by atoms with van der Waals surface area (Å²) in [5, 5.41) is 0. The quantitative estimate of drug-likeness (QED) is 0.859. The van der Waals surface area contributed by atoms with E-state index >= 15 is 0 Å². The van der Waals surface area contributed by atoms with E-state index in [1.165, 1.54) is 5.56 Å². The molecule has 0 unspecified atom stereocenters. The van der Waals surface area contributed by atoms with Gasteiger partial charge in [-0.2, -0.15) is 0 Å². The predicted octanol–water partition coefficient (Wildman–Crippen LogP) is 4.03. The zero-order valence-corrected chi connectivity index (χ0v) is 13.7. The number of hydrogen-bond donors (Lipinski definition) is 1. The van der Waals surface area contributed by atoms with E-state index in [1.54, 1.807) is 12.3 Å². The van der Waals surface area contributed by atoms with E-state index in [-0.39, 0.29) is 16.3 Å². The third-order valence-corrected chi connectivity index (χ3v) is 3.63. The molecular weight excluding hydrogens is 260 g/mol. The Bertz CT molecular complexity index is 683. The fourth-order valence-corrected chi connectivity index (χ4v) is 2.20. The maximum atomic E-state index is 12.2. The van der Waals surface area contributed by atoms with Gasteiger partial charge in [-0.15, -0.1) is 0 Å². The van der Waals surface area contributed by atoms with Gasteiger partial charge >= 0.3 is 0 Å². The third-order valence-electron chi connectivity index (χ3n) is 3.63. The zero-order valence-electron chi connectivity index (χ0n) is 13.7. The lowest BCUT2D eigenvalue weighted by molar-refractivity contribution is 0.582. The Kier molecular flexibility index (Phi) is 3.79. The minimum absolute atomic E-state index is 0.0537. The fraction of sp³-hybridized carbons (Fsp3) is 0.444. The highest BCUT2D eigenvalue weighted by atomic mass is 16.1. The van der Waals surface area contributed by atoms with Gasteiger partial charge < -0.3 is 4.98 Å². The average molecular weight is 284 g/mol. The Morgan fingerprint density at radius 3 is 2.10 bits per heavy atom. The molecule has 0 saturated heterocycles. The van der Waals surface area contributed by atoms with E-state index in [2.05, 4.69) is 36.8 Å². The van der Waals surface area contributed by atoms with Crippen molar-refractivity contribution in [1.29, 1.82) is 0 Å². The molecule has 2 aromatic rings. The van der Waals surface area contributed by atoms with E-state index in [1.807, 2.05) is 33.0 Å². The highest BCUT2D eigenvalue weighted by molar-refractivity contribution is 5.54. The number of nitrogens with one attached hydrogen (secondary N) is 1. The summed E-state index contributed by atoms with van der Waals surface area (Å²) in [6, 6.07) is 5.67. The van der Waals surface area contributed by atoms with Gasteiger partial charge in [0.15, 0.2) is 5.43 Å². The molecule has 112 valence electrons. The first-order chi connectivity index (χ1) is 9.59. The average Bonchev–Trinajstić information content (AvgIpc) is 2.36. The van der Waals surface area contributed by atoms with Crippen LogP contribution in [-0.4, -0.2) is 9.97 Å². The maximum Gasteiger partial charge on any atom is 0.185 e. The molecule has 0 aliphatic carbocycles. The smallest absolute Gasteiger partial charge is 0.185 e. The topological polar surface area (TPSA) is 45.8 Å². The summed E-state index contributed by atoms with van der Waals surface area (Å²) in [5.41, 5.74) is 3.49. The molecule has 0 amide bonds. The SMILES string of the molecule is CC(C)(C)c1ccc(-c2cc(=O)c(C(C)(C)C)c[nH]2)nc1. The van der Waals surface area contributed by atoms with Crippen molar-refractivity contribution in [3.05, 3.63) is 51.9 Å². The standard InChI is InChI=1S/C18H24N2O/c1-17(2,3)12-7-8-14(19-10-12)15-9-16(21)13(11-20-15)18(4,5)6/h7-11H,1-6H3,(H,20,21). The Balaban J connectivity index is 2.40. The molecule has 0 aliphatic heterocycles. The van der Waals surface area contributed by atoms with Crippen LogP contribution in [0.4, 0.5) is 0 Å². The Morgan fingerprint density at radius 1 is 1.00 bits per heavy atom. The van der Waals surface area contributed by atoms with Gasteiger partial charge in [-0.05, 0) is 22.5 Å². The third kappa shape index (κ3) is 3.41. The van der Waals surface area contributed by atoms with Crippen LogP contribution < -0.4 is 5.43 Å². The van der Waals surface area contributed by atoms with Gasteiger partial charge in [0.2, 0.25) is 0 Å². The molecule has 0 spiro atoms. The molecule has 0 aliphatic rings. The molecule has 2 heterocycles. The summed E-state index contributed by atoms with van der Waals surface area (Å²) in [5.74, 6) is 0. The molecule has 0 saturated carbocycles. The molecule has 0 radical (unpaired) electrons. The molecule has 2 aromatic heterocycles. The monoisotopic (exact) mass is 284 g/mol. The Labute approximate surface area is 126 Å². The van der Waals surface area contributed by atoms with Crippen LogP contribution in [0, 0.1) is 0 Å². The lowest BCUT2D eigenvalue weighted by atomic mass is 9.87. The lowest BCUT2D eigenvalue weighted by Crippen LogP contribution is -2.22. The van der Waals surface area contributed by atoms with Gasteiger partial charge in [-0.3, -0.25) is 9.78 Å². The zero-order chi connectivity index (χ0) is 15.8. The van der Waals surface area contributed by atoms with Gasteiger partial charge in [0.25, 0.3) is 0 Å². The summed E-state index contributed by atoms with van der Waals surface area (Å²) >= 11 is 0. The normalized spacial score (nSPS) is 12.5. The van der Waals surface area contributed by atoms with Crippen LogP contribution in [0.1, 0.15) is 52.7 Å². The molecule has 3 heteroatoms. The minimum atomic E-state index is -0.157. The van der Waals surface area contributed by atoms with Gasteiger partial charge in [0.1, 0.15) is 0 Å². The summed E-state index contributed by atoms with van der Waals surface area (Å²) in [4.78, 5) is 19.9. The molecule has 0 bridgehead atoms. The van der Waals surface area contributed by atoms with E-state index in [0.29, 0.717) is 0 Å². The molecule has 2 rings (SSSR count). The second-order valence-electron chi connectivity index (χ2n) is 7.56. The van der Waals surface area contributed by atoms with E-state index in [0.717, 1.165) is 17.0 Å². The van der Waals surface area contributed by atoms with Gasteiger partial charge in [-0.1, -0.05) is 47.6 Å². The van der Waals surface area contributed by atoms with Crippen molar-refractivity contribution in [2.45, 2.75) is 52.4 Å². The van der Waals surface area contributed by atoms with Crippen LogP contribution in [0.15, 0.2) is 35.4 Å². The van der Waals surface area contributed by atoms with Crippen LogP contribution in [-0.2, 0) is 10.8 Å². The van der Waals surface area contributed by atoms with Crippen LogP contribution in [0.25, 0.3) is 11.4 Å². The van der Waals surface area contributed by atoms with Crippen molar-refractivity contribution in [1.82, 2.24) is 9.97 Å². The number of aromatic nitrogens is 2. The van der Waals surface area contributed by atoms with Crippen LogP contribution >= 0.6 is 0 Å². The number of nitrogens with zero attached hydrogens (tertiary/aromatic N) is 1. The van der Waals surface area contributed by atoms with Crippen molar-refractivity contribution >= 4 is 0 Å². The number of H-pyrrole nitrogens is 1. The summed E-state index contributed by atoms with van der Waals surface area (Å²) in [7, 11) is 0. The number of hydrogen-bond acceptors (Lipinski definition) is 2. The van der Waals surface area contributed by atoms with Crippen LogP contribution in [0.5, 0.6) is 0 Å². The van der Waals surface area contributed by atoms with Crippen LogP contribution in [0.3, 0.4) is 0 Å². The molecular formula is C18H24N2O. The summed E-state index contributed by atoms with van der Waals surface area (Å²) in [6.45, 7) is 12.6. The molecule has 0 aromatic carbocycles. The van der Waals surface area contributed by atoms with Crippen LogP contribution in [0.2, 0.25) is 0 Å². The lowest BCUT2D eigenvalue weighted by Gasteiger charge is -2.19. The molecule has 21 heavy (non-hydrogen) atoms. The molecule has 3 nitrogen and oxygen atoms in total. The van der Waals surface area contributed by atoms with E-state index < -0.39 is 0 Å². The van der Waals surface area contributed by atoms with Crippen molar-refractivity contribution in [2.24, 2.45) is 0 Å². The Hall–Kier alpha value is -1.90. The predicted molar refractivity (Wildman–Crippen MR) is 87.7 cm³/mol.